The SMILES string of the molecule is COc1ccc(-n2[nH]c(C)c(CCc3ccccc3)c2=O)cc1. The Bertz CT molecular complexity index is 830. The highest BCUT2D eigenvalue weighted by Crippen LogP contribution is 2.14. The van der Waals surface area contributed by atoms with Gasteiger partial charge in [-0.15, -0.1) is 0 Å². The van der Waals surface area contributed by atoms with E-state index >= 15 is 0 Å². The predicted molar refractivity (Wildman–Crippen MR) is 91.5 cm³/mol. The van der Waals surface area contributed by atoms with E-state index in [2.05, 4.69) is 17.2 Å². The van der Waals surface area contributed by atoms with Crippen molar-refractivity contribution in [2.45, 2.75) is 19.8 Å². The number of methoxy groups -OCH3 is 1. The third-order valence-electron chi connectivity index (χ3n) is 4.03. The fourth-order valence-corrected chi connectivity index (χ4v) is 2.70. The smallest absolute Gasteiger partial charge is 0.274 e. The number of rotatable bonds is 5. The number of hydrogen-bond acceptors (Lipinski definition) is 2. The number of H-pyrrole nitrogens is 1. The molecule has 3 rings (SSSR count). The molecule has 1 heterocycles. The van der Waals surface area contributed by atoms with Crippen LogP contribution in [0.25, 0.3) is 5.69 Å². The van der Waals surface area contributed by atoms with Gasteiger partial charge in [0.25, 0.3) is 5.56 Å². The van der Waals surface area contributed by atoms with Crippen molar-refractivity contribution in [1.29, 1.82) is 0 Å². The molecular formula is C19H20N2O2. The van der Waals surface area contributed by atoms with Gasteiger partial charge in [-0.2, -0.15) is 0 Å². The van der Waals surface area contributed by atoms with Gasteiger partial charge < -0.3 is 4.74 Å². The highest BCUT2D eigenvalue weighted by molar-refractivity contribution is 5.38. The molecule has 0 saturated carbocycles. The van der Waals surface area contributed by atoms with Crippen molar-refractivity contribution in [3.05, 3.63) is 81.8 Å². The molecule has 0 saturated heterocycles. The summed E-state index contributed by atoms with van der Waals surface area (Å²) in [5.41, 5.74) is 3.82. The summed E-state index contributed by atoms with van der Waals surface area (Å²) in [7, 11) is 1.63. The van der Waals surface area contributed by atoms with Crippen LogP contribution in [0.3, 0.4) is 0 Å². The minimum Gasteiger partial charge on any atom is -0.497 e. The second-order valence-corrected chi connectivity index (χ2v) is 5.54. The van der Waals surface area contributed by atoms with Crippen LogP contribution in [0.4, 0.5) is 0 Å². The van der Waals surface area contributed by atoms with Gasteiger partial charge in [0.05, 0.1) is 12.8 Å². The van der Waals surface area contributed by atoms with Crippen LogP contribution >= 0.6 is 0 Å². The summed E-state index contributed by atoms with van der Waals surface area (Å²) in [5, 5.41) is 3.17. The molecule has 1 N–H and O–H groups in total. The van der Waals surface area contributed by atoms with Crippen molar-refractivity contribution >= 4 is 0 Å². The lowest BCUT2D eigenvalue weighted by molar-refractivity contribution is 0.414. The average molecular weight is 308 g/mol. The number of nitrogens with one attached hydrogen (secondary N) is 1. The van der Waals surface area contributed by atoms with Crippen molar-refractivity contribution in [2.24, 2.45) is 0 Å². The largest absolute Gasteiger partial charge is 0.497 e. The first-order valence-electron chi connectivity index (χ1n) is 7.68. The van der Waals surface area contributed by atoms with Crippen LogP contribution in [-0.4, -0.2) is 16.9 Å². The number of nitrogens with zero attached hydrogens (tertiary/aromatic N) is 1. The van der Waals surface area contributed by atoms with Gasteiger partial charge in [0, 0.05) is 11.3 Å². The molecule has 0 aliphatic heterocycles. The zero-order valence-corrected chi connectivity index (χ0v) is 13.4. The van der Waals surface area contributed by atoms with E-state index < -0.39 is 0 Å². The summed E-state index contributed by atoms with van der Waals surface area (Å²) in [5.74, 6) is 0.773. The number of hydrogen-bond donors (Lipinski definition) is 1. The average Bonchev–Trinajstić information content (AvgIpc) is 2.88. The summed E-state index contributed by atoms with van der Waals surface area (Å²) < 4.78 is 6.75. The molecule has 0 bridgehead atoms. The Morgan fingerprint density at radius 1 is 1.00 bits per heavy atom. The maximum atomic E-state index is 12.7. The lowest BCUT2D eigenvalue weighted by Gasteiger charge is -2.03. The molecule has 0 aliphatic rings. The molecule has 0 atom stereocenters. The van der Waals surface area contributed by atoms with Gasteiger partial charge in [0.1, 0.15) is 5.75 Å². The molecule has 0 radical (unpaired) electrons. The van der Waals surface area contributed by atoms with Crippen LogP contribution in [0.5, 0.6) is 5.75 Å². The number of aromatic amines is 1. The third kappa shape index (κ3) is 3.21. The molecule has 0 aliphatic carbocycles. The first-order valence-corrected chi connectivity index (χ1v) is 7.68. The van der Waals surface area contributed by atoms with E-state index in [9.17, 15) is 4.79 Å². The van der Waals surface area contributed by atoms with Crippen LogP contribution in [0.15, 0.2) is 59.4 Å². The van der Waals surface area contributed by atoms with E-state index in [1.54, 1.807) is 11.8 Å². The summed E-state index contributed by atoms with van der Waals surface area (Å²) in [6.07, 6.45) is 1.59. The fourth-order valence-electron chi connectivity index (χ4n) is 2.70. The lowest BCUT2D eigenvalue weighted by Crippen LogP contribution is -2.17. The molecular weight excluding hydrogens is 288 g/mol. The Morgan fingerprint density at radius 3 is 2.35 bits per heavy atom. The Kier molecular flexibility index (Phi) is 4.33. The summed E-state index contributed by atoms with van der Waals surface area (Å²) in [6.45, 7) is 1.95. The minimum absolute atomic E-state index is 0.0172. The maximum Gasteiger partial charge on any atom is 0.274 e. The minimum atomic E-state index is 0.0172. The molecule has 2 aromatic carbocycles. The van der Waals surface area contributed by atoms with Gasteiger partial charge in [-0.25, -0.2) is 4.68 Å². The quantitative estimate of drug-likeness (QED) is 0.786. The maximum absolute atomic E-state index is 12.7. The van der Waals surface area contributed by atoms with Gasteiger partial charge in [-0.3, -0.25) is 9.89 Å². The van der Waals surface area contributed by atoms with Crippen LogP contribution in [-0.2, 0) is 12.8 Å². The van der Waals surface area contributed by atoms with Gasteiger partial charge in [0.2, 0.25) is 0 Å². The molecule has 23 heavy (non-hydrogen) atoms. The third-order valence-corrected chi connectivity index (χ3v) is 4.03. The Balaban J connectivity index is 1.85. The summed E-state index contributed by atoms with van der Waals surface area (Å²) in [6, 6.07) is 17.7. The molecule has 0 unspecified atom stereocenters. The van der Waals surface area contributed by atoms with E-state index in [-0.39, 0.29) is 5.56 Å². The standard InChI is InChI=1S/C19H20N2O2/c1-14-18(13-8-15-6-4-3-5-7-15)19(22)21(20-14)16-9-11-17(23-2)12-10-16/h3-7,9-12,20H,8,13H2,1-2H3. The van der Waals surface area contributed by atoms with Crippen molar-refractivity contribution < 1.29 is 4.74 Å². The Morgan fingerprint density at radius 2 is 1.70 bits per heavy atom. The van der Waals surface area contributed by atoms with Crippen molar-refractivity contribution in [1.82, 2.24) is 9.78 Å². The van der Waals surface area contributed by atoms with Crippen molar-refractivity contribution in [3.63, 3.8) is 0 Å². The first kappa shape index (κ1) is 15.2. The summed E-state index contributed by atoms with van der Waals surface area (Å²) in [4.78, 5) is 12.7. The van der Waals surface area contributed by atoms with Gasteiger partial charge in [0.15, 0.2) is 0 Å². The normalized spacial score (nSPS) is 10.7. The molecule has 1 aromatic heterocycles. The molecule has 4 heteroatoms. The van der Waals surface area contributed by atoms with E-state index in [1.807, 2.05) is 49.4 Å². The van der Waals surface area contributed by atoms with Crippen LogP contribution in [0, 0.1) is 6.92 Å². The van der Waals surface area contributed by atoms with E-state index in [1.165, 1.54) is 5.56 Å². The topological polar surface area (TPSA) is 47.0 Å². The van der Waals surface area contributed by atoms with Gasteiger partial charge in [-0.1, -0.05) is 30.3 Å². The molecule has 0 amide bonds. The molecule has 4 nitrogen and oxygen atoms in total. The second kappa shape index (κ2) is 6.57. The van der Waals surface area contributed by atoms with E-state index in [0.29, 0.717) is 0 Å². The number of aromatic nitrogens is 2. The van der Waals surface area contributed by atoms with Crippen molar-refractivity contribution in [2.75, 3.05) is 7.11 Å². The van der Waals surface area contributed by atoms with Gasteiger partial charge >= 0.3 is 0 Å². The zero-order valence-electron chi connectivity index (χ0n) is 13.4. The highest BCUT2D eigenvalue weighted by Gasteiger charge is 2.12. The molecule has 0 fully saturated rings. The van der Waals surface area contributed by atoms with Crippen LogP contribution in [0.2, 0.25) is 0 Å². The van der Waals surface area contributed by atoms with Crippen molar-refractivity contribution in [3.8, 4) is 11.4 Å². The number of benzene rings is 2. The molecule has 118 valence electrons. The fraction of sp³-hybridized carbons (Fsp3) is 0.211. The second-order valence-electron chi connectivity index (χ2n) is 5.54. The van der Waals surface area contributed by atoms with Crippen LogP contribution < -0.4 is 10.3 Å². The Labute approximate surface area is 135 Å². The van der Waals surface area contributed by atoms with Crippen LogP contribution in [0.1, 0.15) is 16.8 Å². The Hall–Kier alpha value is -2.75. The van der Waals surface area contributed by atoms with E-state index in [0.717, 1.165) is 35.5 Å². The first-order chi connectivity index (χ1) is 11.2. The number of aryl methyl sites for hydroxylation is 2. The molecule has 3 aromatic rings. The van der Waals surface area contributed by atoms with Gasteiger partial charge in [-0.05, 0) is 49.6 Å². The summed E-state index contributed by atoms with van der Waals surface area (Å²) >= 11 is 0. The monoisotopic (exact) mass is 308 g/mol. The van der Waals surface area contributed by atoms with E-state index in [4.69, 9.17) is 4.74 Å². The number of ether oxygens (including phenoxy) is 1. The predicted octanol–water partition coefficient (Wildman–Crippen LogP) is 3.27. The highest BCUT2D eigenvalue weighted by atomic mass is 16.5. The zero-order chi connectivity index (χ0) is 16.2. The molecule has 0 spiro atoms. The lowest BCUT2D eigenvalue weighted by atomic mass is 10.1.